The van der Waals surface area contributed by atoms with Gasteiger partial charge < -0.3 is 24.6 Å². The summed E-state index contributed by atoms with van der Waals surface area (Å²) in [7, 11) is 1.55. The number of carbonyl (C=O) groups excluding carboxylic acids is 3. The van der Waals surface area contributed by atoms with Crippen LogP contribution in [0.15, 0.2) is 34.9 Å². The topological polar surface area (TPSA) is 120 Å². The van der Waals surface area contributed by atoms with Crippen molar-refractivity contribution in [1.82, 2.24) is 5.16 Å². The van der Waals surface area contributed by atoms with E-state index < -0.39 is 18.0 Å². The molecule has 2 rings (SSSR count). The van der Waals surface area contributed by atoms with E-state index in [2.05, 4.69) is 15.8 Å². The molecule has 2 amide bonds. The minimum absolute atomic E-state index is 0.0352. The number of methoxy groups -OCH3 is 1. The maximum Gasteiger partial charge on any atom is 0.316 e. The minimum atomic E-state index is -0.970. The third kappa shape index (κ3) is 6.95. The van der Waals surface area contributed by atoms with Crippen molar-refractivity contribution in [3.05, 3.63) is 36.1 Å². The number of benzene rings is 1. The molecule has 150 valence electrons. The summed E-state index contributed by atoms with van der Waals surface area (Å²) in [4.78, 5) is 35.7. The summed E-state index contributed by atoms with van der Waals surface area (Å²) in [5, 5.41) is 8.83. The second-order valence-corrected chi connectivity index (χ2v) is 6.70. The summed E-state index contributed by atoms with van der Waals surface area (Å²) < 4.78 is 15.0. The molecule has 28 heavy (non-hydrogen) atoms. The zero-order valence-corrected chi connectivity index (χ0v) is 16.5. The van der Waals surface area contributed by atoms with Gasteiger partial charge in [0.15, 0.2) is 11.9 Å². The second kappa shape index (κ2) is 10.4. The van der Waals surface area contributed by atoms with Crippen LogP contribution >= 0.6 is 11.8 Å². The van der Waals surface area contributed by atoms with Crippen LogP contribution in [-0.2, 0) is 19.1 Å². The van der Waals surface area contributed by atoms with Gasteiger partial charge in [0.25, 0.3) is 5.91 Å². The highest BCUT2D eigenvalue weighted by molar-refractivity contribution is 8.00. The fourth-order valence-electron chi connectivity index (χ4n) is 2.03. The van der Waals surface area contributed by atoms with E-state index in [1.54, 1.807) is 44.4 Å². The van der Waals surface area contributed by atoms with E-state index in [-0.39, 0.29) is 17.4 Å². The molecule has 2 N–H and O–H groups in total. The van der Waals surface area contributed by atoms with Crippen LogP contribution in [0.1, 0.15) is 12.7 Å². The lowest BCUT2D eigenvalue weighted by atomic mass is 10.3. The zero-order valence-electron chi connectivity index (χ0n) is 15.7. The molecule has 0 fully saturated rings. The van der Waals surface area contributed by atoms with Crippen LogP contribution in [0.25, 0.3) is 0 Å². The monoisotopic (exact) mass is 407 g/mol. The summed E-state index contributed by atoms with van der Waals surface area (Å²) in [5.74, 6) is 0.158. The number of amides is 2. The van der Waals surface area contributed by atoms with Gasteiger partial charge in [0.05, 0.1) is 18.6 Å². The molecule has 0 saturated heterocycles. The van der Waals surface area contributed by atoms with E-state index in [4.69, 9.17) is 14.0 Å². The molecule has 0 spiro atoms. The van der Waals surface area contributed by atoms with Crippen LogP contribution in [0.5, 0.6) is 5.75 Å². The van der Waals surface area contributed by atoms with Crippen LogP contribution in [-0.4, -0.2) is 47.7 Å². The SMILES string of the molecule is COc1ccc(NC(=O)[C@H](C)OC(=O)CSCC(=O)Nc2cc(C)on2)cc1. The predicted octanol–water partition coefficient (Wildman–Crippen LogP) is 2.23. The first-order valence-electron chi connectivity index (χ1n) is 8.32. The Hall–Kier alpha value is -3.01. The number of carbonyl (C=O) groups is 3. The maximum atomic E-state index is 12.1. The van der Waals surface area contributed by atoms with E-state index in [1.165, 1.54) is 6.92 Å². The number of aromatic nitrogens is 1. The predicted molar refractivity (Wildman–Crippen MR) is 104 cm³/mol. The Kier molecular flexibility index (Phi) is 7.88. The lowest BCUT2D eigenvalue weighted by molar-refractivity contribution is -0.150. The van der Waals surface area contributed by atoms with Crippen molar-refractivity contribution in [2.45, 2.75) is 20.0 Å². The third-order valence-electron chi connectivity index (χ3n) is 3.38. The number of thioether (sulfide) groups is 1. The number of anilines is 2. The van der Waals surface area contributed by atoms with Crippen LogP contribution in [0.2, 0.25) is 0 Å². The quantitative estimate of drug-likeness (QED) is 0.607. The van der Waals surface area contributed by atoms with Crippen molar-refractivity contribution in [1.29, 1.82) is 0 Å². The summed E-state index contributed by atoms with van der Waals surface area (Å²) in [6, 6.07) is 8.34. The smallest absolute Gasteiger partial charge is 0.316 e. The Morgan fingerprint density at radius 3 is 2.50 bits per heavy atom. The van der Waals surface area contributed by atoms with E-state index in [9.17, 15) is 14.4 Å². The number of hydrogen-bond donors (Lipinski definition) is 2. The van der Waals surface area contributed by atoms with Crippen molar-refractivity contribution in [3.8, 4) is 5.75 Å². The zero-order chi connectivity index (χ0) is 20.5. The fraction of sp³-hybridized carbons (Fsp3) is 0.333. The Morgan fingerprint density at radius 2 is 1.89 bits per heavy atom. The van der Waals surface area contributed by atoms with Gasteiger partial charge in [0, 0.05) is 11.8 Å². The van der Waals surface area contributed by atoms with Crippen molar-refractivity contribution >= 4 is 41.1 Å². The number of nitrogens with one attached hydrogen (secondary N) is 2. The van der Waals surface area contributed by atoms with Gasteiger partial charge in [-0.3, -0.25) is 14.4 Å². The van der Waals surface area contributed by atoms with Crippen molar-refractivity contribution in [2.75, 3.05) is 29.2 Å². The molecule has 0 aliphatic carbocycles. The molecule has 0 radical (unpaired) electrons. The van der Waals surface area contributed by atoms with E-state index in [1.807, 2.05) is 0 Å². The molecule has 1 aromatic heterocycles. The average Bonchev–Trinajstić information content (AvgIpc) is 3.06. The van der Waals surface area contributed by atoms with Crippen molar-refractivity contribution < 1.29 is 28.4 Å². The molecule has 0 aliphatic rings. The minimum Gasteiger partial charge on any atom is -0.497 e. The van der Waals surface area contributed by atoms with Crippen LogP contribution < -0.4 is 15.4 Å². The molecular formula is C18H21N3O6S. The maximum absolute atomic E-state index is 12.1. The standard InChI is InChI=1S/C18H21N3O6S/c1-11-8-15(21-27-11)20-16(22)9-28-10-17(23)26-12(2)18(24)19-13-4-6-14(25-3)7-5-13/h4-8,12H,9-10H2,1-3H3,(H,19,24)(H,20,21,22)/t12-/m0/s1. The summed E-state index contributed by atoms with van der Waals surface area (Å²) >= 11 is 1.07. The highest BCUT2D eigenvalue weighted by Crippen LogP contribution is 2.15. The van der Waals surface area contributed by atoms with Gasteiger partial charge >= 0.3 is 5.97 Å². The van der Waals surface area contributed by atoms with Crippen LogP contribution in [0, 0.1) is 6.92 Å². The number of ether oxygens (including phenoxy) is 2. The average molecular weight is 407 g/mol. The van der Waals surface area contributed by atoms with Crippen molar-refractivity contribution in [3.63, 3.8) is 0 Å². The lowest BCUT2D eigenvalue weighted by Gasteiger charge is -2.13. The number of nitrogens with zero attached hydrogens (tertiary/aromatic N) is 1. The summed E-state index contributed by atoms with van der Waals surface area (Å²) in [5.41, 5.74) is 0.558. The molecule has 0 aliphatic heterocycles. The first kappa shape index (κ1) is 21.3. The molecule has 1 atom stereocenters. The highest BCUT2D eigenvalue weighted by Gasteiger charge is 2.18. The molecular weight excluding hydrogens is 386 g/mol. The Morgan fingerprint density at radius 1 is 1.18 bits per heavy atom. The van der Waals surface area contributed by atoms with Crippen LogP contribution in [0.3, 0.4) is 0 Å². The molecule has 2 aromatic rings. The van der Waals surface area contributed by atoms with E-state index in [0.29, 0.717) is 23.0 Å². The Balaban J connectivity index is 1.67. The van der Waals surface area contributed by atoms with Crippen molar-refractivity contribution in [2.24, 2.45) is 0 Å². The van der Waals surface area contributed by atoms with Gasteiger partial charge in [0.1, 0.15) is 11.5 Å². The van der Waals surface area contributed by atoms with Gasteiger partial charge in [-0.05, 0) is 38.1 Å². The normalized spacial score (nSPS) is 11.4. The number of esters is 1. The molecule has 1 heterocycles. The van der Waals surface area contributed by atoms with Gasteiger partial charge in [-0.15, -0.1) is 11.8 Å². The van der Waals surface area contributed by atoms with Gasteiger partial charge in [-0.2, -0.15) is 0 Å². The van der Waals surface area contributed by atoms with E-state index >= 15 is 0 Å². The van der Waals surface area contributed by atoms with E-state index in [0.717, 1.165) is 11.8 Å². The van der Waals surface area contributed by atoms with Gasteiger partial charge in [-0.1, -0.05) is 5.16 Å². The molecule has 9 nitrogen and oxygen atoms in total. The summed E-state index contributed by atoms with van der Waals surface area (Å²) in [6.07, 6.45) is -0.970. The highest BCUT2D eigenvalue weighted by atomic mass is 32.2. The number of rotatable bonds is 9. The third-order valence-corrected chi connectivity index (χ3v) is 4.29. The molecule has 0 saturated carbocycles. The molecule has 0 unspecified atom stereocenters. The number of aryl methyl sites for hydroxylation is 1. The molecule has 10 heteroatoms. The van der Waals surface area contributed by atoms with Crippen LogP contribution in [0.4, 0.5) is 11.5 Å². The second-order valence-electron chi connectivity index (χ2n) is 5.71. The van der Waals surface area contributed by atoms with Gasteiger partial charge in [-0.25, -0.2) is 0 Å². The largest absolute Gasteiger partial charge is 0.497 e. The molecule has 1 aromatic carbocycles. The Labute approximate surface area is 166 Å². The fourth-order valence-corrected chi connectivity index (χ4v) is 2.63. The summed E-state index contributed by atoms with van der Waals surface area (Å²) in [6.45, 7) is 3.18. The first-order valence-corrected chi connectivity index (χ1v) is 9.48. The first-order chi connectivity index (χ1) is 13.4. The Bertz CT molecular complexity index is 821. The lowest BCUT2D eigenvalue weighted by Crippen LogP contribution is -2.30. The van der Waals surface area contributed by atoms with Gasteiger partial charge in [0.2, 0.25) is 5.91 Å². The number of hydrogen-bond acceptors (Lipinski definition) is 8. The molecule has 0 bridgehead atoms.